The number of nitrogens with one attached hydrogen (secondary N) is 1. The zero-order valence-corrected chi connectivity index (χ0v) is 13.4. The Labute approximate surface area is 137 Å². The minimum atomic E-state index is -0.0606. The van der Waals surface area contributed by atoms with E-state index >= 15 is 0 Å². The van der Waals surface area contributed by atoms with Gasteiger partial charge in [0.2, 0.25) is 17.7 Å². The van der Waals surface area contributed by atoms with Crippen LogP contribution in [0.3, 0.4) is 0 Å². The number of aryl methyl sites for hydroxylation is 1. The van der Waals surface area contributed by atoms with Crippen molar-refractivity contribution in [3.63, 3.8) is 0 Å². The molecule has 0 aromatic carbocycles. The van der Waals surface area contributed by atoms with Gasteiger partial charge in [-0.2, -0.15) is 11.3 Å². The average Bonchev–Trinajstić information content (AvgIpc) is 3.25. The van der Waals surface area contributed by atoms with Gasteiger partial charge in [-0.3, -0.25) is 9.78 Å². The molecule has 0 aliphatic heterocycles. The second-order valence-corrected chi connectivity index (χ2v) is 5.86. The average molecular weight is 328 g/mol. The molecule has 3 aromatic heterocycles. The summed E-state index contributed by atoms with van der Waals surface area (Å²) >= 11 is 1.57. The Bertz CT molecular complexity index is 756. The van der Waals surface area contributed by atoms with E-state index in [0.717, 1.165) is 11.1 Å². The molecule has 118 valence electrons. The Morgan fingerprint density at radius 3 is 2.87 bits per heavy atom. The van der Waals surface area contributed by atoms with Crippen LogP contribution < -0.4 is 5.32 Å². The Morgan fingerprint density at radius 2 is 2.13 bits per heavy atom. The Morgan fingerprint density at radius 1 is 1.30 bits per heavy atom. The number of nitrogens with zero attached hydrogens (tertiary/aromatic N) is 3. The molecule has 3 heterocycles. The SMILES string of the molecule is CC(NC(=O)CCc1nnc(-c2ccsc2)o1)c1ccncc1. The number of hydrogen-bond acceptors (Lipinski definition) is 6. The molecule has 23 heavy (non-hydrogen) atoms. The number of pyridine rings is 1. The van der Waals surface area contributed by atoms with E-state index in [-0.39, 0.29) is 11.9 Å². The van der Waals surface area contributed by atoms with Crippen molar-refractivity contribution < 1.29 is 9.21 Å². The topological polar surface area (TPSA) is 80.9 Å². The molecular formula is C16H16N4O2S. The first-order chi connectivity index (χ1) is 11.2. The predicted octanol–water partition coefficient (Wildman–Crippen LogP) is 3.00. The zero-order valence-electron chi connectivity index (χ0n) is 12.6. The highest BCUT2D eigenvalue weighted by Gasteiger charge is 2.13. The number of rotatable bonds is 6. The van der Waals surface area contributed by atoms with Crippen LogP contribution in [0.2, 0.25) is 0 Å². The molecule has 6 nitrogen and oxygen atoms in total. The first-order valence-corrected chi connectivity index (χ1v) is 8.21. The highest BCUT2D eigenvalue weighted by Crippen LogP contribution is 2.20. The molecule has 0 saturated carbocycles. The molecule has 7 heteroatoms. The first-order valence-electron chi connectivity index (χ1n) is 7.26. The summed E-state index contributed by atoms with van der Waals surface area (Å²) in [6.07, 6.45) is 4.15. The maximum absolute atomic E-state index is 12.0. The van der Waals surface area contributed by atoms with Crippen molar-refractivity contribution in [2.75, 3.05) is 0 Å². The van der Waals surface area contributed by atoms with Crippen molar-refractivity contribution >= 4 is 17.2 Å². The summed E-state index contributed by atoms with van der Waals surface area (Å²) in [5, 5.41) is 14.8. The maximum atomic E-state index is 12.0. The lowest BCUT2D eigenvalue weighted by Gasteiger charge is -2.13. The summed E-state index contributed by atoms with van der Waals surface area (Å²) in [4.78, 5) is 16.0. The van der Waals surface area contributed by atoms with Crippen LogP contribution in [0.25, 0.3) is 11.5 Å². The molecule has 0 aliphatic rings. The summed E-state index contributed by atoms with van der Waals surface area (Å²) in [6, 6.07) is 5.63. The quantitative estimate of drug-likeness (QED) is 0.752. The molecule has 1 unspecified atom stereocenters. The van der Waals surface area contributed by atoms with Crippen LogP contribution in [0.4, 0.5) is 0 Å². The Kier molecular flexibility index (Phi) is 4.77. The molecule has 1 atom stereocenters. The predicted molar refractivity (Wildman–Crippen MR) is 86.7 cm³/mol. The molecule has 0 saturated heterocycles. The van der Waals surface area contributed by atoms with E-state index in [1.54, 1.807) is 23.7 Å². The van der Waals surface area contributed by atoms with Crippen molar-refractivity contribution in [2.45, 2.75) is 25.8 Å². The highest BCUT2D eigenvalue weighted by molar-refractivity contribution is 7.08. The van der Waals surface area contributed by atoms with E-state index in [0.29, 0.717) is 24.6 Å². The molecule has 0 radical (unpaired) electrons. The van der Waals surface area contributed by atoms with Gasteiger partial charge in [-0.1, -0.05) is 0 Å². The summed E-state index contributed by atoms with van der Waals surface area (Å²) < 4.78 is 5.56. The van der Waals surface area contributed by atoms with Crippen LogP contribution in [0.5, 0.6) is 0 Å². The van der Waals surface area contributed by atoms with Gasteiger partial charge < -0.3 is 9.73 Å². The molecule has 0 fully saturated rings. The highest BCUT2D eigenvalue weighted by atomic mass is 32.1. The molecule has 3 aromatic rings. The Balaban J connectivity index is 1.51. The fourth-order valence-corrected chi connectivity index (χ4v) is 2.76. The number of thiophene rings is 1. The second kappa shape index (κ2) is 7.15. The van der Waals surface area contributed by atoms with Gasteiger partial charge in [0.15, 0.2) is 0 Å². The number of carbonyl (C=O) groups excluding carboxylic acids is 1. The van der Waals surface area contributed by atoms with Crippen LogP contribution in [-0.4, -0.2) is 21.1 Å². The summed E-state index contributed by atoms with van der Waals surface area (Å²) in [5.41, 5.74) is 1.93. The van der Waals surface area contributed by atoms with E-state index in [9.17, 15) is 4.79 Å². The monoisotopic (exact) mass is 328 g/mol. The minimum Gasteiger partial charge on any atom is -0.421 e. The lowest BCUT2D eigenvalue weighted by molar-refractivity contribution is -0.121. The summed E-state index contributed by atoms with van der Waals surface area (Å²) in [7, 11) is 0. The van der Waals surface area contributed by atoms with E-state index in [1.165, 1.54) is 0 Å². The molecular weight excluding hydrogens is 312 g/mol. The van der Waals surface area contributed by atoms with E-state index in [1.807, 2.05) is 35.9 Å². The summed E-state index contributed by atoms with van der Waals surface area (Å²) in [5.74, 6) is 0.911. The number of carbonyl (C=O) groups is 1. The normalized spacial score (nSPS) is 12.0. The van der Waals surface area contributed by atoms with Gasteiger partial charge in [0.25, 0.3) is 0 Å². The molecule has 0 bridgehead atoms. The van der Waals surface area contributed by atoms with E-state index in [2.05, 4.69) is 20.5 Å². The standard InChI is InChI=1S/C16H16N4O2S/c1-11(12-4-7-17-8-5-12)18-14(21)2-3-15-19-20-16(22-15)13-6-9-23-10-13/h4-11H,2-3H2,1H3,(H,18,21). The molecule has 1 amide bonds. The number of hydrogen-bond donors (Lipinski definition) is 1. The van der Waals surface area contributed by atoms with Crippen molar-refractivity contribution in [3.05, 3.63) is 52.8 Å². The van der Waals surface area contributed by atoms with Crippen molar-refractivity contribution in [2.24, 2.45) is 0 Å². The molecule has 1 N–H and O–H groups in total. The fourth-order valence-electron chi connectivity index (χ4n) is 2.13. The van der Waals surface area contributed by atoms with Gasteiger partial charge in [-0.15, -0.1) is 10.2 Å². The van der Waals surface area contributed by atoms with Gasteiger partial charge in [-0.05, 0) is 36.1 Å². The molecule has 0 aliphatic carbocycles. The van der Waals surface area contributed by atoms with Gasteiger partial charge in [0, 0.05) is 36.2 Å². The van der Waals surface area contributed by atoms with Crippen LogP contribution in [0, 0.1) is 0 Å². The van der Waals surface area contributed by atoms with Crippen LogP contribution in [-0.2, 0) is 11.2 Å². The minimum absolute atomic E-state index is 0.0513. The Hall–Kier alpha value is -2.54. The van der Waals surface area contributed by atoms with Gasteiger partial charge in [0.05, 0.1) is 6.04 Å². The van der Waals surface area contributed by atoms with Crippen molar-refractivity contribution in [1.29, 1.82) is 0 Å². The lowest BCUT2D eigenvalue weighted by Crippen LogP contribution is -2.26. The maximum Gasteiger partial charge on any atom is 0.248 e. The van der Waals surface area contributed by atoms with Crippen molar-refractivity contribution in [3.8, 4) is 11.5 Å². The van der Waals surface area contributed by atoms with Gasteiger partial charge >= 0.3 is 0 Å². The zero-order chi connectivity index (χ0) is 16.1. The second-order valence-electron chi connectivity index (χ2n) is 5.08. The van der Waals surface area contributed by atoms with Crippen LogP contribution in [0.15, 0.2) is 45.8 Å². The third-order valence-corrected chi connectivity index (χ3v) is 4.07. The molecule has 3 rings (SSSR count). The van der Waals surface area contributed by atoms with Crippen LogP contribution in [0.1, 0.15) is 30.8 Å². The van der Waals surface area contributed by atoms with Gasteiger partial charge in [-0.25, -0.2) is 0 Å². The number of aromatic nitrogens is 3. The third-order valence-electron chi connectivity index (χ3n) is 3.38. The van der Waals surface area contributed by atoms with Crippen LogP contribution >= 0.6 is 11.3 Å². The van der Waals surface area contributed by atoms with Crippen molar-refractivity contribution in [1.82, 2.24) is 20.5 Å². The van der Waals surface area contributed by atoms with Gasteiger partial charge in [0.1, 0.15) is 0 Å². The molecule has 0 spiro atoms. The fraction of sp³-hybridized carbons (Fsp3) is 0.250. The largest absolute Gasteiger partial charge is 0.421 e. The van der Waals surface area contributed by atoms with E-state index in [4.69, 9.17) is 4.42 Å². The lowest BCUT2D eigenvalue weighted by atomic mass is 10.1. The first kappa shape index (κ1) is 15.4. The number of amides is 1. The summed E-state index contributed by atoms with van der Waals surface area (Å²) in [6.45, 7) is 1.94. The smallest absolute Gasteiger partial charge is 0.248 e. The van der Waals surface area contributed by atoms with E-state index < -0.39 is 0 Å². The third kappa shape index (κ3) is 4.01.